The van der Waals surface area contributed by atoms with Crippen molar-refractivity contribution < 1.29 is 19.4 Å². The van der Waals surface area contributed by atoms with E-state index in [-0.39, 0.29) is 24.7 Å². The molecule has 0 aromatic heterocycles. The molecule has 1 aliphatic rings. The standard InChI is InChI=1S/C19H28N2O4.ClH/c1-4-25-18-6-5-15(14(2)22)11-16(18)12-21-9-7-17(8-10-21)20(3)13-19(23)24;/h5-6,11,17H,4,7-10,12-13H2,1-3H3,(H,23,24);1H. The first-order valence-corrected chi connectivity index (χ1v) is 8.81. The number of carboxylic acid groups (broad SMARTS) is 1. The molecule has 7 heteroatoms. The molecule has 26 heavy (non-hydrogen) atoms. The number of Topliss-reactive ketones (excluding diaryl/α,β-unsaturated/α-hetero) is 1. The number of rotatable bonds is 8. The van der Waals surface area contributed by atoms with Crippen molar-refractivity contribution in [2.24, 2.45) is 0 Å². The summed E-state index contributed by atoms with van der Waals surface area (Å²) in [6.45, 7) is 6.75. The van der Waals surface area contributed by atoms with E-state index >= 15 is 0 Å². The smallest absolute Gasteiger partial charge is 0.317 e. The molecule has 0 radical (unpaired) electrons. The molecule has 1 N–H and O–H groups in total. The van der Waals surface area contributed by atoms with Crippen LogP contribution in [-0.4, -0.2) is 66.0 Å². The van der Waals surface area contributed by atoms with E-state index in [2.05, 4.69) is 4.90 Å². The van der Waals surface area contributed by atoms with Crippen LogP contribution in [0.15, 0.2) is 18.2 Å². The zero-order valence-electron chi connectivity index (χ0n) is 15.7. The Bertz CT molecular complexity index is 616. The monoisotopic (exact) mass is 384 g/mol. The number of ketones is 1. The molecule has 0 aliphatic carbocycles. The lowest BCUT2D eigenvalue weighted by Gasteiger charge is -2.36. The first kappa shape index (κ1) is 22.4. The minimum Gasteiger partial charge on any atom is -0.494 e. The van der Waals surface area contributed by atoms with Gasteiger partial charge in [0.25, 0.3) is 0 Å². The molecule has 0 unspecified atom stereocenters. The number of aliphatic carboxylic acids is 1. The second kappa shape index (κ2) is 10.5. The molecular formula is C19H29ClN2O4. The third-order valence-electron chi connectivity index (χ3n) is 4.73. The van der Waals surface area contributed by atoms with Crippen LogP contribution in [0.1, 0.15) is 42.6 Å². The Hall–Kier alpha value is -1.63. The Morgan fingerprint density at radius 1 is 1.31 bits per heavy atom. The minimum absolute atomic E-state index is 0. The molecule has 1 aromatic carbocycles. The summed E-state index contributed by atoms with van der Waals surface area (Å²) >= 11 is 0. The number of carboxylic acids is 1. The predicted molar refractivity (Wildman–Crippen MR) is 103 cm³/mol. The van der Waals surface area contributed by atoms with Crippen molar-refractivity contribution in [1.29, 1.82) is 0 Å². The molecule has 0 amide bonds. The Labute approximate surface area is 161 Å². The van der Waals surface area contributed by atoms with Gasteiger partial charge in [0.2, 0.25) is 0 Å². The van der Waals surface area contributed by atoms with Crippen LogP contribution < -0.4 is 4.74 Å². The second-order valence-corrected chi connectivity index (χ2v) is 6.63. The highest BCUT2D eigenvalue weighted by Crippen LogP contribution is 2.25. The molecular weight excluding hydrogens is 356 g/mol. The normalized spacial score (nSPS) is 15.5. The number of carbonyl (C=O) groups excluding carboxylic acids is 1. The van der Waals surface area contributed by atoms with Gasteiger partial charge in [-0.3, -0.25) is 19.4 Å². The summed E-state index contributed by atoms with van der Waals surface area (Å²) < 4.78 is 5.70. The van der Waals surface area contributed by atoms with Crippen molar-refractivity contribution in [2.75, 3.05) is 33.3 Å². The fraction of sp³-hybridized carbons (Fsp3) is 0.579. The van der Waals surface area contributed by atoms with E-state index in [1.54, 1.807) is 6.92 Å². The maximum atomic E-state index is 11.7. The third kappa shape index (κ3) is 6.27. The Kier molecular flexibility index (Phi) is 9.05. The zero-order valence-corrected chi connectivity index (χ0v) is 16.6. The van der Waals surface area contributed by atoms with Crippen LogP contribution in [0.2, 0.25) is 0 Å². The fourth-order valence-electron chi connectivity index (χ4n) is 3.32. The Morgan fingerprint density at radius 2 is 1.96 bits per heavy atom. The van der Waals surface area contributed by atoms with Crippen LogP contribution in [-0.2, 0) is 11.3 Å². The van der Waals surface area contributed by atoms with Crippen LogP contribution in [0.3, 0.4) is 0 Å². The molecule has 1 fully saturated rings. The van der Waals surface area contributed by atoms with E-state index < -0.39 is 5.97 Å². The minimum atomic E-state index is -0.785. The van der Waals surface area contributed by atoms with E-state index in [4.69, 9.17) is 9.84 Å². The number of carbonyl (C=O) groups is 2. The van der Waals surface area contributed by atoms with Crippen LogP contribution >= 0.6 is 12.4 Å². The van der Waals surface area contributed by atoms with Crippen molar-refractivity contribution in [2.45, 2.75) is 39.3 Å². The van der Waals surface area contributed by atoms with Gasteiger partial charge in [0.15, 0.2) is 5.78 Å². The number of halogens is 1. The van der Waals surface area contributed by atoms with Gasteiger partial charge in [-0.1, -0.05) is 0 Å². The van der Waals surface area contributed by atoms with Gasteiger partial charge in [0.1, 0.15) is 5.75 Å². The van der Waals surface area contributed by atoms with Gasteiger partial charge in [0, 0.05) is 23.7 Å². The molecule has 0 spiro atoms. The molecule has 6 nitrogen and oxygen atoms in total. The summed E-state index contributed by atoms with van der Waals surface area (Å²) in [5.74, 6) is 0.100. The number of piperidine rings is 1. The van der Waals surface area contributed by atoms with E-state index in [0.29, 0.717) is 18.2 Å². The summed E-state index contributed by atoms with van der Waals surface area (Å²) in [6, 6.07) is 5.92. The number of hydrogen-bond donors (Lipinski definition) is 1. The lowest BCUT2D eigenvalue weighted by molar-refractivity contribution is -0.138. The van der Waals surface area contributed by atoms with Crippen molar-refractivity contribution >= 4 is 24.2 Å². The highest BCUT2D eigenvalue weighted by Gasteiger charge is 2.24. The lowest BCUT2D eigenvalue weighted by Crippen LogP contribution is -2.44. The fourth-order valence-corrected chi connectivity index (χ4v) is 3.32. The number of likely N-dealkylation sites (N-methyl/N-ethyl adjacent to an activating group) is 1. The number of benzene rings is 1. The number of hydrogen-bond acceptors (Lipinski definition) is 5. The summed E-state index contributed by atoms with van der Waals surface area (Å²) in [7, 11) is 1.87. The Balaban J connectivity index is 0.00000338. The molecule has 0 saturated carbocycles. The second-order valence-electron chi connectivity index (χ2n) is 6.63. The molecule has 1 saturated heterocycles. The zero-order chi connectivity index (χ0) is 18.4. The predicted octanol–water partition coefficient (Wildman–Crippen LogP) is 2.69. The van der Waals surface area contributed by atoms with E-state index in [0.717, 1.165) is 43.8 Å². The van der Waals surface area contributed by atoms with Crippen molar-refractivity contribution in [3.05, 3.63) is 29.3 Å². The molecule has 1 aromatic rings. The lowest BCUT2D eigenvalue weighted by atomic mass is 10.0. The van der Waals surface area contributed by atoms with Crippen LogP contribution in [0, 0.1) is 0 Å². The topological polar surface area (TPSA) is 70.1 Å². The third-order valence-corrected chi connectivity index (χ3v) is 4.73. The summed E-state index contributed by atoms with van der Waals surface area (Å²) in [5.41, 5.74) is 1.74. The summed E-state index contributed by atoms with van der Waals surface area (Å²) in [6.07, 6.45) is 1.89. The Morgan fingerprint density at radius 3 is 2.50 bits per heavy atom. The van der Waals surface area contributed by atoms with Crippen molar-refractivity contribution in [3.63, 3.8) is 0 Å². The van der Waals surface area contributed by atoms with Crippen LogP contribution in [0.5, 0.6) is 5.75 Å². The van der Waals surface area contributed by atoms with Gasteiger partial charge in [-0.15, -0.1) is 12.4 Å². The molecule has 146 valence electrons. The molecule has 0 atom stereocenters. The highest BCUT2D eigenvalue weighted by atomic mass is 35.5. The van der Waals surface area contributed by atoms with Gasteiger partial charge >= 0.3 is 5.97 Å². The maximum absolute atomic E-state index is 11.7. The van der Waals surface area contributed by atoms with Crippen LogP contribution in [0.25, 0.3) is 0 Å². The van der Waals surface area contributed by atoms with E-state index in [9.17, 15) is 9.59 Å². The molecule has 2 rings (SSSR count). The number of nitrogens with zero attached hydrogens (tertiary/aromatic N) is 2. The highest BCUT2D eigenvalue weighted by molar-refractivity contribution is 5.94. The average Bonchev–Trinajstić information content (AvgIpc) is 2.56. The summed E-state index contributed by atoms with van der Waals surface area (Å²) in [4.78, 5) is 26.8. The SMILES string of the molecule is CCOc1ccc(C(C)=O)cc1CN1CCC(N(C)CC(=O)O)CC1.Cl. The number of ether oxygens (including phenoxy) is 1. The quantitative estimate of drug-likeness (QED) is 0.695. The molecule has 1 heterocycles. The summed E-state index contributed by atoms with van der Waals surface area (Å²) in [5, 5.41) is 8.92. The number of likely N-dealkylation sites (tertiary alicyclic amines) is 1. The molecule has 0 bridgehead atoms. The van der Waals surface area contributed by atoms with Crippen molar-refractivity contribution in [3.8, 4) is 5.75 Å². The van der Waals surface area contributed by atoms with Gasteiger partial charge in [-0.2, -0.15) is 0 Å². The average molecular weight is 385 g/mol. The van der Waals surface area contributed by atoms with Gasteiger partial charge < -0.3 is 9.84 Å². The van der Waals surface area contributed by atoms with Crippen molar-refractivity contribution in [1.82, 2.24) is 9.80 Å². The van der Waals surface area contributed by atoms with E-state index in [1.165, 1.54) is 0 Å². The van der Waals surface area contributed by atoms with E-state index in [1.807, 2.05) is 37.1 Å². The molecule has 1 aliphatic heterocycles. The maximum Gasteiger partial charge on any atom is 0.317 e. The van der Waals surface area contributed by atoms with Gasteiger partial charge in [-0.05, 0) is 65.0 Å². The van der Waals surface area contributed by atoms with Crippen LogP contribution in [0.4, 0.5) is 0 Å². The first-order valence-electron chi connectivity index (χ1n) is 8.81. The first-order chi connectivity index (χ1) is 11.9. The van der Waals surface area contributed by atoms with Gasteiger partial charge in [-0.25, -0.2) is 0 Å². The van der Waals surface area contributed by atoms with Gasteiger partial charge in [0.05, 0.1) is 13.2 Å². The largest absolute Gasteiger partial charge is 0.494 e.